The molecule has 1 aliphatic rings. The smallest absolute Gasteiger partial charge is 0.252 e. The van der Waals surface area contributed by atoms with E-state index < -0.39 is 0 Å². The third-order valence-corrected chi connectivity index (χ3v) is 4.18. The Balaban J connectivity index is 0.00000200. The van der Waals surface area contributed by atoms with Crippen LogP contribution in [0.25, 0.3) is 0 Å². The van der Waals surface area contributed by atoms with Crippen LogP contribution in [0.15, 0.2) is 18.2 Å². The fourth-order valence-electron chi connectivity index (χ4n) is 2.48. The van der Waals surface area contributed by atoms with Gasteiger partial charge in [0, 0.05) is 6.54 Å². The highest BCUT2D eigenvalue weighted by Gasteiger charge is 2.14. The van der Waals surface area contributed by atoms with Crippen molar-refractivity contribution in [2.75, 3.05) is 19.6 Å². The van der Waals surface area contributed by atoms with Crippen molar-refractivity contribution in [2.45, 2.75) is 26.2 Å². The summed E-state index contributed by atoms with van der Waals surface area (Å²) in [7, 11) is 0. The molecule has 1 saturated heterocycles. The quantitative estimate of drug-likeness (QED) is 0.895. The molecule has 0 saturated carbocycles. The molecule has 1 amide bonds. The van der Waals surface area contributed by atoms with E-state index >= 15 is 0 Å². The van der Waals surface area contributed by atoms with Gasteiger partial charge in [0.05, 0.1) is 10.6 Å². The van der Waals surface area contributed by atoms with Crippen molar-refractivity contribution in [1.82, 2.24) is 10.6 Å². The number of piperidine rings is 1. The van der Waals surface area contributed by atoms with Gasteiger partial charge in [-0.25, -0.2) is 0 Å². The van der Waals surface area contributed by atoms with E-state index in [0.717, 1.165) is 31.6 Å². The van der Waals surface area contributed by atoms with E-state index in [2.05, 4.69) is 10.6 Å². The monoisotopic (exact) mass is 316 g/mol. The van der Waals surface area contributed by atoms with Crippen molar-refractivity contribution < 1.29 is 4.79 Å². The first kappa shape index (κ1) is 17.3. The van der Waals surface area contributed by atoms with Gasteiger partial charge in [0.15, 0.2) is 0 Å². The number of halogens is 2. The first-order valence-electron chi connectivity index (χ1n) is 6.92. The Morgan fingerprint density at radius 2 is 2.30 bits per heavy atom. The van der Waals surface area contributed by atoms with Crippen LogP contribution in [0, 0.1) is 12.8 Å². The second-order valence-corrected chi connectivity index (χ2v) is 5.57. The second kappa shape index (κ2) is 8.50. The molecule has 0 aliphatic carbocycles. The third kappa shape index (κ3) is 4.65. The van der Waals surface area contributed by atoms with Crippen LogP contribution >= 0.6 is 24.0 Å². The molecule has 1 atom stereocenters. The minimum absolute atomic E-state index is 0. The zero-order valence-electron chi connectivity index (χ0n) is 11.7. The molecule has 2 N–H and O–H groups in total. The Hall–Kier alpha value is -0.770. The molecule has 0 bridgehead atoms. The Bertz CT molecular complexity index is 445. The summed E-state index contributed by atoms with van der Waals surface area (Å²) in [4.78, 5) is 12.0. The van der Waals surface area contributed by atoms with Crippen molar-refractivity contribution in [1.29, 1.82) is 0 Å². The van der Waals surface area contributed by atoms with Gasteiger partial charge in [0.25, 0.3) is 5.91 Å². The van der Waals surface area contributed by atoms with E-state index in [9.17, 15) is 4.79 Å². The number of nitrogens with one attached hydrogen (secondary N) is 2. The molecular formula is C15H22Cl2N2O. The molecule has 5 heteroatoms. The lowest BCUT2D eigenvalue weighted by molar-refractivity contribution is 0.0950. The van der Waals surface area contributed by atoms with Crippen molar-refractivity contribution in [3.05, 3.63) is 34.3 Å². The SMILES string of the molecule is Cc1cccc(C(=O)NCCC2CCCNC2)c1Cl.Cl. The normalized spacial score (nSPS) is 18.2. The predicted octanol–water partition coefficient (Wildman–Crippen LogP) is 3.19. The summed E-state index contributed by atoms with van der Waals surface area (Å²) < 4.78 is 0. The highest BCUT2D eigenvalue weighted by Crippen LogP contribution is 2.20. The maximum atomic E-state index is 12.0. The van der Waals surface area contributed by atoms with Gasteiger partial charge in [-0.2, -0.15) is 0 Å². The summed E-state index contributed by atoms with van der Waals surface area (Å²) in [6, 6.07) is 5.54. The standard InChI is InChI=1S/C15H21ClN2O.ClH/c1-11-4-2-6-13(14(11)16)15(19)18-9-7-12-5-3-8-17-10-12;/h2,4,6,12,17H,3,5,7-10H2,1H3,(H,18,19);1H. The lowest BCUT2D eigenvalue weighted by Crippen LogP contribution is -2.33. The maximum absolute atomic E-state index is 12.0. The average Bonchev–Trinajstić information content (AvgIpc) is 2.43. The molecule has 1 heterocycles. The molecular weight excluding hydrogens is 295 g/mol. The molecule has 20 heavy (non-hydrogen) atoms. The van der Waals surface area contributed by atoms with Crippen molar-refractivity contribution in [3.63, 3.8) is 0 Å². The molecule has 2 rings (SSSR count). The van der Waals surface area contributed by atoms with Gasteiger partial charge in [0.2, 0.25) is 0 Å². The Morgan fingerprint density at radius 3 is 3.00 bits per heavy atom. The van der Waals surface area contributed by atoms with E-state index in [4.69, 9.17) is 11.6 Å². The fraction of sp³-hybridized carbons (Fsp3) is 0.533. The molecule has 1 fully saturated rings. The van der Waals surface area contributed by atoms with E-state index in [-0.39, 0.29) is 18.3 Å². The lowest BCUT2D eigenvalue weighted by atomic mass is 9.96. The summed E-state index contributed by atoms with van der Waals surface area (Å²) in [5.41, 5.74) is 1.51. The summed E-state index contributed by atoms with van der Waals surface area (Å²) in [6.45, 7) is 4.82. The number of hydrogen-bond donors (Lipinski definition) is 2. The minimum atomic E-state index is -0.0718. The number of carbonyl (C=O) groups is 1. The van der Waals surface area contributed by atoms with Crippen LogP contribution in [0.4, 0.5) is 0 Å². The molecule has 1 aliphatic heterocycles. The molecule has 3 nitrogen and oxygen atoms in total. The molecule has 1 aromatic rings. The average molecular weight is 317 g/mol. The van der Waals surface area contributed by atoms with Gasteiger partial charge in [-0.15, -0.1) is 12.4 Å². The largest absolute Gasteiger partial charge is 0.352 e. The van der Waals surface area contributed by atoms with Gasteiger partial charge in [-0.05, 0) is 56.8 Å². The van der Waals surface area contributed by atoms with E-state index in [0.29, 0.717) is 16.5 Å². The number of amides is 1. The first-order valence-corrected chi connectivity index (χ1v) is 7.30. The molecule has 0 radical (unpaired) electrons. The van der Waals surface area contributed by atoms with Gasteiger partial charge in [-0.1, -0.05) is 23.7 Å². The van der Waals surface area contributed by atoms with E-state index in [1.54, 1.807) is 6.07 Å². The van der Waals surface area contributed by atoms with Gasteiger partial charge in [-0.3, -0.25) is 4.79 Å². The fourth-order valence-corrected chi connectivity index (χ4v) is 2.69. The van der Waals surface area contributed by atoms with E-state index in [1.165, 1.54) is 12.8 Å². The molecule has 0 aromatic heterocycles. The number of carbonyl (C=O) groups excluding carboxylic acids is 1. The summed E-state index contributed by atoms with van der Waals surface area (Å²) >= 11 is 6.14. The van der Waals surface area contributed by atoms with E-state index in [1.807, 2.05) is 19.1 Å². The van der Waals surface area contributed by atoms with Gasteiger partial charge < -0.3 is 10.6 Å². The number of rotatable bonds is 4. The molecule has 112 valence electrons. The lowest BCUT2D eigenvalue weighted by Gasteiger charge is -2.22. The summed E-state index contributed by atoms with van der Waals surface area (Å²) in [5.74, 6) is 0.611. The molecule has 1 unspecified atom stereocenters. The van der Waals surface area contributed by atoms with Crippen LogP contribution < -0.4 is 10.6 Å². The molecule has 0 spiro atoms. The van der Waals surface area contributed by atoms with Crippen LogP contribution in [0.2, 0.25) is 5.02 Å². The van der Waals surface area contributed by atoms with Gasteiger partial charge >= 0.3 is 0 Å². The maximum Gasteiger partial charge on any atom is 0.252 e. The number of hydrogen-bond acceptors (Lipinski definition) is 2. The zero-order valence-corrected chi connectivity index (χ0v) is 13.3. The van der Waals surface area contributed by atoms with Crippen LogP contribution in [-0.4, -0.2) is 25.5 Å². The van der Waals surface area contributed by atoms with Crippen LogP contribution in [0.3, 0.4) is 0 Å². The Morgan fingerprint density at radius 1 is 1.50 bits per heavy atom. The predicted molar refractivity (Wildman–Crippen MR) is 86.0 cm³/mol. The number of benzene rings is 1. The Labute approximate surface area is 131 Å². The van der Waals surface area contributed by atoms with Crippen LogP contribution in [0.1, 0.15) is 35.2 Å². The van der Waals surface area contributed by atoms with Gasteiger partial charge in [0.1, 0.15) is 0 Å². The zero-order chi connectivity index (χ0) is 13.7. The summed E-state index contributed by atoms with van der Waals surface area (Å²) in [6.07, 6.45) is 3.53. The second-order valence-electron chi connectivity index (χ2n) is 5.19. The summed E-state index contributed by atoms with van der Waals surface area (Å²) in [5, 5.41) is 6.91. The Kier molecular flexibility index (Phi) is 7.35. The topological polar surface area (TPSA) is 41.1 Å². The first-order chi connectivity index (χ1) is 9.18. The highest BCUT2D eigenvalue weighted by atomic mass is 35.5. The number of aryl methyl sites for hydroxylation is 1. The highest BCUT2D eigenvalue weighted by molar-refractivity contribution is 6.34. The van der Waals surface area contributed by atoms with Crippen molar-refractivity contribution >= 4 is 29.9 Å². The van der Waals surface area contributed by atoms with Crippen molar-refractivity contribution in [2.24, 2.45) is 5.92 Å². The molecule has 1 aromatic carbocycles. The van der Waals surface area contributed by atoms with Crippen LogP contribution in [-0.2, 0) is 0 Å². The van der Waals surface area contributed by atoms with Crippen LogP contribution in [0.5, 0.6) is 0 Å². The third-order valence-electron chi connectivity index (χ3n) is 3.67. The minimum Gasteiger partial charge on any atom is -0.352 e. The van der Waals surface area contributed by atoms with Crippen molar-refractivity contribution in [3.8, 4) is 0 Å².